The van der Waals surface area contributed by atoms with Crippen molar-refractivity contribution in [1.29, 1.82) is 0 Å². The lowest BCUT2D eigenvalue weighted by atomic mass is 9.97. The molecule has 0 spiro atoms. The fourth-order valence-electron chi connectivity index (χ4n) is 2.56. The first-order valence-electron chi connectivity index (χ1n) is 8.13. The van der Waals surface area contributed by atoms with Crippen molar-refractivity contribution in [3.05, 3.63) is 40.5 Å². The van der Waals surface area contributed by atoms with Gasteiger partial charge < -0.3 is 9.84 Å². The predicted molar refractivity (Wildman–Crippen MR) is 99.8 cm³/mol. The van der Waals surface area contributed by atoms with Gasteiger partial charge in [0.2, 0.25) is 5.88 Å². The van der Waals surface area contributed by atoms with Gasteiger partial charge in [-0.05, 0) is 39.5 Å². The molecule has 0 amide bonds. The number of benzene rings is 1. The Morgan fingerprint density at radius 3 is 2.76 bits per heavy atom. The van der Waals surface area contributed by atoms with Gasteiger partial charge in [0.1, 0.15) is 11.3 Å². The summed E-state index contributed by atoms with van der Waals surface area (Å²) in [5, 5.41) is 17.7. The molecule has 1 N–H and O–H groups in total. The first-order chi connectivity index (χ1) is 11.9. The van der Waals surface area contributed by atoms with Gasteiger partial charge in [-0.2, -0.15) is 0 Å². The van der Waals surface area contributed by atoms with Gasteiger partial charge >= 0.3 is 0 Å². The zero-order valence-electron chi connectivity index (χ0n) is 14.5. The fraction of sp³-hybridized carbons (Fsp3) is 0.389. The second-order valence-electron chi connectivity index (χ2n) is 7.10. The van der Waals surface area contributed by atoms with Gasteiger partial charge in [-0.3, -0.25) is 0 Å². The number of aliphatic hydroxyl groups excluding tert-OH is 1. The van der Waals surface area contributed by atoms with Crippen LogP contribution in [0.4, 0.5) is 0 Å². The summed E-state index contributed by atoms with van der Waals surface area (Å²) in [5.74, 6) is 1.10. The minimum absolute atomic E-state index is 0.0450. The molecular weight excluding hydrogens is 384 g/mol. The second kappa shape index (κ2) is 7.09. The third-order valence-corrected chi connectivity index (χ3v) is 4.42. The topological polar surface area (TPSA) is 73.1 Å². The Balaban J connectivity index is 1.95. The number of ether oxygens (including phenoxy) is 1. The minimum atomic E-state index is 0.0450. The molecule has 7 heteroatoms. The Labute approximate surface area is 155 Å². The highest BCUT2D eigenvalue weighted by atomic mass is 79.9. The number of fused-ring (bicyclic) bond motifs is 1. The number of halogens is 1. The van der Waals surface area contributed by atoms with E-state index in [-0.39, 0.29) is 12.0 Å². The van der Waals surface area contributed by atoms with Crippen LogP contribution in [0.15, 0.2) is 34.9 Å². The van der Waals surface area contributed by atoms with Gasteiger partial charge in [0.15, 0.2) is 0 Å². The first-order valence-corrected chi connectivity index (χ1v) is 8.92. The van der Waals surface area contributed by atoms with Crippen LogP contribution in [0.1, 0.15) is 26.3 Å². The molecule has 0 atom stereocenters. The number of pyridine rings is 1. The number of hydrogen-bond donors (Lipinski definition) is 1. The molecule has 0 unspecified atom stereocenters. The molecule has 2 heterocycles. The highest BCUT2D eigenvalue weighted by molar-refractivity contribution is 9.10. The third-order valence-electron chi connectivity index (χ3n) is 3.65. The lowest BCUT2D eigenvalue weighted by Gasteiger charge is -2.18. The molecule has 0 saturated carbocycles. The first kappa shape index (κ1) is 17.8. The zero-order valence-corrected chi connectivity index (χ0v) is 16.1. The van der Waals surface area contributed by atoms with Crippen LogP contribution in [-0.2, 0) is 13.0 Å². The maximum absolute atomic E-state index is 9.19. The van der Waals surface area contributed by atoms with Crippen molar-refractivity contribution in [2.24, 2.45) is 5.41 Å². The molecule has 0 bridgehead atoms. The van der Waals surface area contributed by atoms with Crippen molar-refractivity contribution in [2.75, 3.05) is 6.61 Å². The van der Waals surface area contributed by atoms with Gasteiger partial charge in [0.25, 0.3) is 0 Å². The molecule has 0 aliphatic heterocycles. The summed E-state index contributed by atoms with van der Waals surface area (Å²) in [4.78, 5) is 4.27. The number of nitrogens with zero attached hydrogens (tertiary/aromatic N) is 4. The predicted octanol–water partition coefficient (Wildman–Crippen LogP) is 3.96. The molecule has 132 valence electrons. The Hall–Kier alpha value is -1.99. The van der Waals surface area contributed by atoms with Crippen molar-refractivity contribution in [3.8, 4) is 11.6 Å². The summed E-state index contributed by atoms with van der Waals surface area (Å²) < 4.78 is 8.61. The maximum atomic E-state index is 9.19. The average molecular weight is 405 g/mol. The quantitative estimate of drug-likeness (QED) is 0.696. The Morgan fingerprint density at radius 1 is 1.24 bits per heavy atom. The lowest BCUT2D eigenvalue weighted by Crippen LogP contribution is -2.16. The minimum Gasteiger partial charge on any atom is -0.437 e. The second-order valence-corrected chi connectivity index (χ2v) is 7.89. The molecule has 0 fully saturated rings. The number of rotatable bonds is 5. The summed E-state index contributed by atoms with van der Waals surface area (Å²) in [7, 11) is 0. The Morgan fingerprint density at radius 2 is 2.04 bits per heavy atom. The highest BCUT2D eigenvalue weighted by Gasteiger charge is 2.18. The molecule has 6 nitrogen and oxygen atoms in total. The maximum Gasteiger partial charge on any atom is 0.222 e. The van der Waals surface area contributed by atoms with Crippen LogP contribution in [0, 0.1) is 5.41 Å². The van der Waals surface area contributed by atoms with Crippen LogP contribution in [0.5, 0.6) is 11.6 Å². The van der Waals surface area contributed by atoms with Crippen LogP contribution in [0.2, 0.25) is 0 Å². The molecule has 25 heavy (non-hydrogen) atoms. The largest absolute Gasteiger partial charge is 0.437 e. The van der Waals surface area contributed by atoms with Gasteiger partial charge in [-0.1, -0.05) is 32.1 Å². The zero-order chi connectivity index (χ0) is 18.0. The van der Waals surface area contributed by atoms with E-state index in [4.69, 9.17) is 4.74 Å². The molecule has 2 aromatic heterocycles. The van der Waals surface area contributed by atoms with Gasteiger partial charge in [-0.15, -0.1) is 5.10 Å². The van der Waals surface area contributed by atoms with E-state index < -0.39 is 0 Å². The van der Waals surface area contributed by atoms with Crippen molar-refractivity contribution >= 4 is 27.0 Å². The van der Waals surface area contributed by atoms with E-state index in [0.717, 1.165) is 27.6 Å². The van der Waals surface area contributed by atoms with E-state index in [9.17, 15) is 5.11 Å². The van der Waals surface area contributed by atoms with Crippen LogP contribution < -0.4 is 4.74 Å². The van der Waals surface area contributed by atoms with Crippen LogP contribution in [-0.4, -0.2) is 31.7 Å². The number of hydrogen-bond acceptors (Lipinski definition) is 5. The molecule has 3 aromatic rings. The van der Waals surface area contributed by atoms with Crippen molar-refractivity contribution in [2.45, 2.75) is 33.7 Å². The summed E-state index contributed by atoms with van der Waals surface area (Å²) in [6.07, 6.45) is 2.16. The summed E-state index contributed by atoms with van der Waals surface area (Å²) in [5.41, 5.74) is 2.66. The third kappa shape index (κ3) is 3.99. The SMILES string of the molecule is CC(C)(C)Cn1nnc2c(Br)c(Oc3ncccc3CCO)ccc21. The van der Waals surface area contributed by atoms with E-state index in [1.165, 1.54) is 0 Å². The summed E-state index contributed by atoms with van der Waals surface area (Å²) in [6, 6.07) is 7.56. The van der Waals surface area contributed by atoms with Crippen molar-refractivity contribution < 1.29 is 9.84 Å². The average Bonchev–Trinajstić information content (AvgIpc) is 2.94. The monoisotopic (exact) mass is 404 g/mol. The van der Waals surface area contributed by atoms with Gasteiger partial charge in [-0.25, -0.2) is 9.67 Å². The molecule has 1 aromatic carbocycles. The molecule has 0 aliphatic carbocycles. The van der Waals surface area contributed by atoms with Gasteiger partial charge in [0.05, 0.1) is 9.99 Å². The standard InChI is InChI=1S/C18H21BrN4O2/c1-18(2,3)11-23-13-6-7-14(15(19)16(13)21-22-23)25-17-12(8-10-24)5-4-9-20-17/h4-7,9,24H,8,10-11H2,1-3H3. The molecule has 3 rings (SSSR count). The number of aromatic nitrogens is 4. The normalized spacial score (nSPS) is 11.9. The van der Waals surface area contributed by atoms with E-state index in [2.05, 4.69) is 52.0 Å². The summed E-state index contributed by atoms with van der Waals surface area (Å²) >= 11 is 3.58. The smallest absolute Gasteiger partial charge is 0.222 e. The van der Waals surface area contributed by atoms with E-state index >= 15 is 0 Å². The van der Waals surface area contributed by atoms with Crippen LogP contribution >= 0.6 is 15.9 Å². The fourth-order valence-corrected chi connectivity index (χ4v) is 3.06. The molecule has 0 radical (unpaired) electrons. The lowest BCUT2D eigenvalue weighted by molar-refractivity contribution is 0.297. The van der Waals surface area contributed by atoms with Crippen molar-refractivity contribution in [1.82, 2.24) is 20.0 Å². The number of aliphatic hydroxyl groups is 1. The van der Waals surface area contributed by atoms with E-state index in [1.54, 1.807) is 6.20 Å². The molecule has 0 saturated heterocycles. The van der Waals surface area contributed by atoms with Crippen LogP contribution in [0.25, 0.3) is 11.0 Å². The van der Waals surface area contributed by atoms with Gasteiger partial charge in [0, 0.05) is 31.3 Å². The van der Waals surface area contributed by atoms with E-state index in [0.29, 0.717) is 18.1 Å². The highest BCUT2D eigenvalue weighted by Crippen LogP contribution is 2.35. The summed E-state index contributed by atoms with van der Waals surface area (Å²) in [6.45, 7) is 7.31. The molecule has 0 aliphatic rings. The Kier molecular flexibility index (Phi) is 5.06. The molecular formula is C18H21BrN4O2. The van der Waals surface area contributed by atoms with Crippen LogP contribution in [0.3, 0.4) is 0 Å². The van der Waals surface area contributed by atoms with E-state index in [1.807, 2.05) is 28.9 Å². The Bertz CT molecular complexity index is 886. The van der Waals surface area contributed by atoms with Crippen molar-refractivity contribution in [3.63, 3.8) is 0 Å².